The SMILES string of the molecule is NC(=O)[C@@H](Cc1cccc2ccccc12)NC(=O)N(CCc1ccccc1)CCc1ccccn1. The molecule has 0 aliphatic rings. The fourth-order valence-electron chi connectivity index (χ4n) is 4.17. The van der Waals surface area contributed by atoms with E-state index in [0.717, 1.165) is 27.6 Å². The van der Waals surface area contributed by atoms with Crippen LogP contribution < -0.4 is 11.1 Å². The van der Waals surface area contributed by atoms with Crippen molar-refractivity contribution in [2.45, 2.75) is 25.3 Å². The first-order valence-electron chi connectivity index (χ1n) is 11.9. The predicted octanol–water partition coefficient (Wildman–Crippen LogP) is 4.13. The van der Waals surface area contributed by atoms with Crippen LogP contribution in [0.25, 0.3) is 10.8 Å². The maximum absolute atomic E-state index is 13.3. The smallest absolute Gasteiger partial charge is 0.318 e. The lowest BCUT2D eigenvalue weighted by atomic mass is 9.98. The minimum atomic E-state index is -0.817. The number of hydrogen-bond donors (Lipinski definition) is 2. The Morgan fingerprint density at radius 3 is 2.31 bits per heavy atom. The van der Waals surface area contributed by atoms with Crippen LogP contribution in [-0.4, -0.2) is 41.0 Å². The number of nitrogens with two attached hydrogens (primary N) is 1. The summed E-state index contributed by atoms with van der Waals surface area (Å²) in [6, 6.07) is 28.6. The summed E-state index contributed by atoms with van der Waals surface area (Å²) in [6.07, 6.45) is 3.40. The molecule has 0 radical (unpaired) electrons. The van der Waals surface area contributed by atoms with Gasteiger partial charge in [-0.25, -0.2) is 4.79 Å². The lowest BCUT2D eigenvalue weighted by Crippen LogP contribution is -2.51. The molecule has 0 fully saturated rings. The van der Waals surface area contributed by atoms with Crippen LogP contribution in [0.15, 0.2) is 97.2 Å². The van der Waals surface area contributed by atoms with Gasteiger partial charge in [0.15, 0.2) is 0 Å². The number of primary amides is 1. The van der Waals surface area contributed by atoms with Crippen molar-refractivity contribution in [3.05, 3.63) is 114 Å². The molecule has 4 aromatic rings. The molecule has 3 aromatic carbocycles. The van der Waals surface area contributed by atoms with Crippen LogP contribution in [0.3, 0.4) is 0 Å². The van der Waals surface area contributed by atoms with Gasteiger partial charge in [-0.1, -0.05) is 78.9 Å². The Morgan fingerprint density at radius 1 is 0.829 bits per heavy atom. The number of aromatic nitrogens is 1. The summed E-state index contributed by atoms with van der Waals surface area (Å²) in [4.78, 5) is 31.8. The van der Waals surface area contributed by atoms with Crippen LogP contribution in [0.1, 0.15) is 16.8 Å². The first-order valence-corrected chi connectivity index (χ1v) is 11.9. The number of pyridine rings is 1. The number of rotatable bonds is 10. The van der Waals surface area contributed by atoms with E-state index in [1.54, 1.807) is 11.1 Å². The fourth-order valence-corrected chi connectivity index (χ4v) is 4.17. The van der Waals surface area contributed by atoms with E-state index in [0.29, 0.717) is 32.4 Å². The summed E-state index contributed by atoms with van der Waals surface area (Å²) in [6.45, 7) is 0.998. The summed E-state index contributed by atoms with van der Waals surface area (Å²) in [5, 5.41) is 5.02. The summed E-state index contributed by atoms with van der Waals surface area (Å²) < 4.78 is 0. The number of nitrogens with zero attached hydrogens (tertiary/aromatic N) is 2. The number of benzene rings is 3. The van der Waals surface area contributed by atoms with E-state index in [-0.39, 0.29) is 6.03 Å². The van der Waals surface area contributed by atoms with Crippen LogP contribution in [-0.2, 0) is 24.1 Å². The van der Waals surface area contributed by atoms with E-state index in [9.17, 15) is 9.59 Å². The molecule has 6 nitrogen and oxygen atoms in total. The van der Waals surface area contributed by atoms with Crippen LogP contribution in [0, 0.1) is 0 Å². The van der Waals surface area contributed by atoms with Crippen LogP contribution in [0.2, 0.25) is 0 Å². The maximum atomic E-state index is 13.3. The summed E-state index contributed by atoms with van der Waals surface area (Å²) in [7, 11) is 0. The zero-order valence-corrected chi connectivity index (χ0v) is 19.6. The lowest BCUT2D eigenvalue weighted by Gasteiger charge is -2.26. The number of carbonyl (C=O) groups excluding carboxylic acids is 2. The Bertz CT molecular complexity index is 1210. The van der Waals surface area contributed by atoms with E-state index < -0.39 is 11.9 Å². The van der Waals surface area contributed by atoms with Crippen molar-refractivity contribution in [2.24, 2.45) is 5.73 Å². The van der Waals surface area contributed by atoms with E-state index in [4.69, 9.17) is 5.73 Å². The average Bonchev–Trinajstić information content (AvgIpc) is 2.89. The molecule has 0 bridgehead atoms. The monoisotopic (exact) mass is 466 g/mol. The van der Waals surface area contributed by atoms with Crippen LogP contribution in [0.4, 0.5) is 4.79 Å². The van der Waals surface area contributed by atoms with Crippen LogP contribution in [0.5, 0.6) is 0 Å². The fraction of sp³-hybridized carbons (Fsp3) is 0.207. The first kappa shape index (κ1) is 24.0. The molecular weight excluding hydrogens is 436 g/mol. The number of hydrogen-bond acceptors (Lipinski definition) is 3. The number of amides is 3. The molecule has 1 atom stereocenters. The minimum absolute atomic E-state index is 0.305. The van der Waals surface area contributed by atoms with Gasteiger partial charge < -0.3 is 16.0 Å². The normalized spacial score (nSPS) is 11.7. The Kier molecular flexibility index (Phi) is 8.07. The number of fused-ring (bicyclic) bond motifs is 1. The Morgan fingerprint density at radius 2 is 1.54 bits per heavy atom. The molecule has 1 aromatic heterocycles. The lowest BCUT2D eigenvalue weighted by molar-refractivity contribution is -0.119. The van der Waals surface area contributed by atoms with Crippen LogP contribution >= 0.6 is 0 Å². The number of nitrogens with one attached hydrogen (secondary N) is 1. The number of urea groups is 1. The second-order valence-electron chi connectivity index (χ2n) is 8.54. The van der Waals surface area contributed by atoms with Gasteiger partial charge in [-0.15, -0.1) is 0 Å². The standard InChI is InChI=1S/C29H30N4O2/c30-28(34)27(21-24-13-8-12-23-11-4-5-15-26(23)24)32-29(35)33(19-16-22-9-2-1-3-10-22)20-17-25-14-6-7-18-31-25/h1-15,18,27H,16-17,19-21H2,(H2,30,34)(H,32,35)/t27-/m1/s1. The van der Waals surface area contributed by atoms with Crippen molar-refractivity contribution in [1.82, 2.24) is 15.2 Å². The highest BCUT2D eigenvalue weighted by Crippen LogP contribution is 2.20. The van der Waals surface area contributed by atoms with E-state index in [2.05, 4.69) is 10.3 Å². The Balaban J connectivity index is 1.48. The molecule has 6 heteroatoms. The molecule has 0 saturated heterocycles. The second-order valence-corrected chi connectivity index (χ2v) is 8.54. The highest BCUT2D eigenvalue weighted by molar-refractivity contribution is 5.89. The third kappa shape index (κ3) is 6.67. The van der Waals surface area contributed by atoms with Crippen molar-refractivity contribution >= 4 is 22.7 Å². The van der Waals surface area contributed by atoms with Gasteiger partial charge in [0.2, 0.25) is 5.91 Å². The van der Waals surface area contributed by atoms with Gasteiger partial charge in [-0.3, -0.25) is 9.78 Å². The molecule has 0 aliphatic carbocycles. The molecular formula is C29H30N4O2. The van der Waals surface area contributed by atoms with Crippen molar-refractivity contribution < 1.29 is 9.59 Å². The summed E-state index contributed by atoms with van der Waals surface area (Å²) >= 11 is 0. The zero-order chi connectivity index (χ0) is 24.5. The van der Waals surface area contributed by atoms with Crippen molar-refractivity contribution in [2.75, 3.05) is 13.1 Å². The third-order valence-corrected chi connectivity index (χ3v) is 6.11. The minimum Gasteiger partial charge on any atom is -0.368 e. The predicted molar refractivity (Wildman–Crippen MR) is 139 cm³/mol. The molecule has 0 aliphatic heterocycles. The highest BCUT2D eigenvalue weighted by atomic mass is 16.2. The molecule has 1 heterocycles. The van der Waals surface area contributed by atoms with Crippen molar-refractivity contribution in [3.8, 4) is 0 Å². The molecule has 4 rings (SSSR count). The molecule has 0 spiro atoms. The van der Waals surface area contributed by atoms with Crippen molar-refractivity contribution in [3.63, 3.8) is 0 Å². The first-order chi connectivity index (χ1) is 17.1. The largest absolute Gasteiger partial charge is 0.368 e. The molecule has 35 heavy (non-hydrogen) atoms. The molecule has 0 saturated carbocycles. The molecule has 3 amide bonds. The highest BCUT2D eigenvalue weighted by Gasteiger charge is 2.23. The van der Waals surface area contributed by atoms with Gasteiger partial charge in [-0.05, 0) is 40.5 Å². The topological polar surface area (TPSA) is 88.3 Å². The Hall–Kier alpha value is -4.19. The molecule has 178 valence electrons. The quantitative estimate of drug-likeness (QED) is 0.368. The van der Waals surface area contributed by atoms with Gasteiger partial charge in [0.25, 0.3) is 0 Å². The third-order valence-electron chi connectivity index (χ3n) is 6.11. The summed E-state index contributed by atoms with van der Waals surface area (Å²) in [5.41, 5.74) is 8.75. The van der Waals surface area contributed by atoms with E-state index in [1.807, 2.05) is 91.0 Å². The van der Waals surface area contributed by atoms with Gasteiger partial charge in [0.05, 0.1) is 0 Å². The second kappa shape index (κ2) is 11.8. The van der Waals surface area contributed by atoms with Gasteiger partial charge in [0, 0.05) is 37.8 Å². The van der Waals surface area contributed by atoms with E-state index >= 15 is 0 Å². The van der Waals surface area contributed by atoms with Gasteiger partial charge in [-0.2, -0.15) is 0 Å². The Labute approximate surface area is 205 Å². The van der Waals surface area contributed by atoms with Gasteiger partial charge >= 0.3 is 6.03 Å². The average molecular weight is 467 g/mol. The van der Waals surface area contributed by atoms with Crippen molar-refractivity contribution in [1.29, 1.82) is 0 Å². The van der Waals surface area contributed by atoms with Gasteiger partial charge in [0.1, 0.15) is 6.04 Å². The summed E-state index contributed by atoms with van der Waals surface area (Å²) in [5.74, 6) is -0.556. The number of carbonyl (C=O) groups is 2. The zero-order valence-electron chi connectivity index (χ0n) is 19.6. The molecule has 0 unspecified atom stereocenters. The van der Waals surface area contributed by atoms with E-state index in [1.165, 1.54) is 0 Å². The maximum Gasteiger partial charge on any atom is 0.318 e. The molecule has 3 N–H and O–H groups in total.